The van der Waals surface area contributed by atoms with Gasteiger partial charge in [-0.25, -0.2) is 4.68 Å². The molecule has 0 radical (unpaired) electrons. The van der Waals surface area contributed by atoms with Gasteiger partial charge in [0.05, 0.1) is 17.2 Å². The summed E-state index contributed by atoms with van der Waals surface area (Å²) in [5.41, 5.74) is 3.51. The normalized spacial score (nSPS) is 15.2. The van der Waals surface area contributed by atoms with Crippen LogP contribution in [-0.2, 0) is 4.79 Å². The zero-order chi connectivity index (χ0) is 22.7. The molecule has 32 heavy (non-hydrogen) atoms. The molecule has 1 aliphatic rings. The molecule has 3 aromatic rings. The third-order valence-electron chi connectivity index (χ3n) is 4.89. The Bertz CT molecular complexity index is 1170. The number of benzene rings is 2. The largest absolute Gasteiger partial charge is 0.494 e. The van der Waals surface area contributed by atoms with E-state index in [1.165, 1.54) is 11.8 Å². The van der Waals surface area contributed by atoms with Gasteiger partial charge < -0.3 is 4.74 Å². The van der Waals surface area contributed by atoms with Gasteiger partial charge in [-0.05, 0) is 43.2 Å². The fourth-order valence-electron chi connectivity index (χ4n) is 3.49. The van der Waals surface area contributed by atoms with E-state index in [9.17, 15) is 4.79 Å². The molecule has 2 heterocycles. The lowest BCUT2D eigenvalue weighted by molar-refractivity contribution is -0.122. The average molecular weight is 464 g/mol. The number of rotatable bonds is 7. The molecular weight excluding hydrogens is 438 g/mol. The van der Waals surface area contributed by atoms with Crippen molar-refractivity contribution in [1.29, 1.82) is 0 Å². The average Bonchev–Trinajstić information content (AvgIpc) is 3.31. The topological polar surface area (TPSA) is 47.4 Å². The van der Waals surface area contributed by atoms with Crippen molar-refractivity contribution in [3.8, 4) is 22.7 Å². The molecule has 0 atom stereocenters. The van der Waals surface area contributed by atoms with Gasteiger partial charge in [-0.2, -0.15) is 5.10 Å². The molecular formula is C25H25N3O2S2. The molecule has 7 heteroatoms. The summed E-state index contributed by atoms with van der Waals surface area (Å²) >= 11 is 6.82. The first-order valence-corrected chi connectivity index (χ1v) is 11.8. The van der Waals surface area contributed by atoms with Crippen LogP contribution in [0.1, 0.15) is 26.3 Å². The maximum Gasteiger partial charge on any atom is 0.266 e. The standard InChI is InChI=1S/C25H25N3O2S2/c1-4-30-21-12-8-9-18(13-21)23-19(16-28(26-23)20-10-6-5-7-11-20)14-22-24(29)27(15-17(2)3)25(31)32-22/h5-14,16-17H,4,15H2,1-3H3/b22-14-. The fourth-order valence-corrected chi connectivity index (χ4v) is 4.76. The number of hydrogen-bond acceptors (Lipinski definition) is 5. The van der Waals surface area contributed by atoms with E-state index in [-0.39, 0.29) is 5.91 Å². The van der Waals surface area contributed by atoms with E-state index >= 15 is 0 Å². The number of ether oxygens (including phenoxy) is 1. The monoisotopic (exact) mass is 463 g/mol. The quantitative estimate of drug-likeness (QED) is 0.328. The van der Waals surface area contributed by atoms with Crippen LogP contribution in [0.2, 0.25) is 0 Å². The van der Waals surface area contributed by atoms with Crippen LogP contribution >= 0.6 is 24.0 Å². The van der Waals surface area contributed by atoms with Gasteiger partial charge in [0.1, 0.15) is 15.8 Å². The van der Waals surface area contributed by atoms with Crippen molar-refractivity contribution < 1.29 is 9.53 Å². The second-order valence-electron chi connectivity index (χ2n) is 7.86. The van der Waals surface area contributed by atoms with Gasteiger partial charge in [0.2, 0.25) is 0 Å². The number of hydrogen-bond donors (Lipinski definition) is 0. The number of carbonyl (C=O) groups is 1. The van der Waals surface area contributed by atoms with E-state index in [0.29, 0.717) is 28.3 Å². The minimum absolute atomic E-state index is 0.0461. The zero-order valence-corrected chi connectivity index (χ0v) is 20.0. The molecule has 0 unspecified atom stereocenters. The Kier molecular flexibility index (Phi) is 6.77. The van der Waals surface area contributed by atoms with Crippen molar-refractivity contribution in [2.45, 2.75) is 20.8 Å². The summed E-state index contributed by atoms with van der Waals surface area (Å²) in [6.45, 7) is 7.33. The predicted molar refractivity (Wildman–Crippen MR) is 135 cm³/mol. The van der Waals surface area contributed by atoms with Gasteiger partial charge >= 0.3 is 0 Å². The van der Waals surface area contributed by atoms with E-state index in [1.54, 1.807) is 4.90 Å². The van der Waals surface area contributed by atoms with Gasteiger partial charge in [0.25, 0.3) is 5.91 Å². The number of amides is 1. The van der Waals surface area contributed by atoms with Crippen molar-refractivity contribution in [3.63, 3.8) is 0 Å². The number of thiocarbonyl (C=S) groups is 1. The molecule has 1 saturated heterocycles. The zero-order valence-electron chi connectivity index (χ0n) is 18.3. The fraction of sp³-hybridized carbons (Fsp3) is 0.240. The Morgan fingerprint density at radius 1 is 1.16 bits per heavy atom. The molecule has 1 aromatic heterocycles. The maximum absolute atomic E-state index is 13.0. The third kappa shape index (κ3) is 4.79. The summed E-state index contributed by atoms with van der Waals surface area (Å²) < 4.78 is 8.12. The van der Waals surface area contributed by atoms with Crippen LogP contribution < -0.4 is 4.74 Å². The second-order valence-corrected chi connectivity index (χ2v) is 9.54. The lowest BCUT2D eigenvalue weighted by Crippen LogP contribution is -2.31. The molecule has 164 valence electrons. The molecule has 0 N–H and O–H groups in total. The predicted octanol–water partition coefficient (Wildman–Crippen LogP) is 5.80. The minimum Gasteiger partial charge on any atom is -0.494 e. The van der Waals surface area contributed by atoms with E-state index < -0.39 is 0 Å². The first kappa shape index (κ1) is 22.3. The molecule has 1 amide bonds. The summed E-state index contributed by atoms with van der Waals surface area (Å²) in [5, 5.41) is 4.85. The SMILES string of the molecule is CCOc1cccc(-c2nn(-c3ccccc3)cc2/C=C2\SC(=S)N(CC(C)C)C2=O)c1. The van der Waals surface area contributed by atoms with Crippen LogP contribution in [-0.4, -0.2) is 38.1 Å². The van der Waals surface area contributed by atoms with Crippen LogP contribution in [0.25, 0.3) is 23.0 Å². The lowest BCUT2D eigenvalue weighted by Gasteiger charge is -2.16. The van der Waals surface area contributed by atoms with Crippen LogP contribution in [0.3, 0.4) is 0 Å². The first-order valence-electron chi connectivity index (χ1n) is 10.6. The van der Waals surface area contributed by atoms with Gasteiger partial charge in [0, 0.05) is 23.9 Å². The van der Waals surface area contributed by atoms with Gasteiger partial charge in [0.15, 0.2) is 0 Å². The lowest BCUT2D eigenvalue weighted by atomic mass is 10.1. The van der Waals surface area contributed by atoms with Crippen molar-refractivity contribution in [2.24, 2.45) is 5.92 Å². The van der Waals surface area contributed by atoms with Crippen molar-refractivity contribution >= 4 is 40.3 Å². The van der Waals surface area contributed by atoms with Gasteiger partial charge in [-0.1, -0.05) is 68.2 Å². The highest BCUT2D eigenvalue weighted by molar-refractivity contribution is 8.26. The highest BCUT2D eigenvalue weighted by atomic mass is 32.2. The Morgan fingerprint density at radius 2 is 1.94 bits per heavy atom. The van der Waals surface area contributed by atoms with Crippen molar-refractivity contribution in [1.82, 2.24) is 14.7 Å². The summed E-state index contributed by atoms with van der Waals surface area (Å²) in [6.07, 6.45) is 3.85. The molecule has 0 bridgehead atoms. The Hall–Kier alpha value is -2.90. The molecule has 5 nitrogen and oxygen atoms in total. The molecule has 0 saturated carbocycles. The number of thioether (sulfide) groups is 1. The number of nitrogens with zero attached hydrogens (tertiary/aromatic N) is 3. The number of aromatic nitrogens is 2. The number of para-hydroxylation sites is 1. The van der Waals surface area contributed by atoms with Gasteiger partial charge in [-0.3, -0.25) is 9.69 Å². The second kappa shape index (κ2) is 9.71. The van der Waals surface area contributed by atoms with E-state index in [4.69, 9.17) is 22.1 Å². The van der Waals surface area contributed by atoms with Crippen LogP contribution in [0.4, 0.5) is 0 Å². The Labute approximate surface area is 198 Å². The van der Waals surface area contributed by atoms with Crippen molar-refractivity contribution in [3.05, 3.63) is 71.3 Å². The maximum atomic E-state index is 13.0. The third-order valence-corrected chi connectivity index (χ3v) is 6.27. The minimum atomic E-state index is -0.0461. The summed E-state index contributed by atoms with van der Waals surface area (Å²) in [6, 6.07) is 17.8. The highest BCUT2D eigenvalue weighted by Crippen LogP contribution is 2.35. The summed E-state index contributed by atoms with van der Waals surface area (Å²) in [5.74, 6) is 1.08. The van der Waals surface area contributed by atoms with Crippen molar-refractivity contribution in [2.75, 3.05) is 13.2 Å². The smallest absolute Gasteiger partial charge is 0.266 e. The summed E-state index contributed by atoms with van der Waals surface area (Å²) in [4.78, 5) is 15.3. The van der Waals surface area contributed by atoms with Crippen LogP contribution in [0.15, 0.2) is 65.7 Å². The van der Waals surface area contributed by atoms with Gasteiger partial charge in [-0.15, -0.1) is 0 Å². The first-order chi connectivity index (χ1) is 15.5. The molecule has 4 rings (SSSR count). The number of carbonyl (C=O) groups excluding carboxylic acids is 1. The molecule has 1 fully saturated rings. The van der Waals surface area contributed by atoms with Crippen LogP contribution in [0, 0.1) is 5.92 Å². The van der Waals surface area contributed by atoms with E-state index in [0.717, 1.165) is 28.3 Å². The Balaban J connectivity index is 1.78. The highest BCUT2D eigenvalue weighted by Gasteiger charge is 2.32. The summed E-state index contributed by atoms with van der Waals surface area (Å²) in [7, 11) is 0. The van der Waals surface area contributed by atoms with E-state index in [2.05, 4.69) is 13.8 Å². The molecule has 0 aliphatic carbocycles. The van der Waals surface area contributed by atoms with E-state index in [1.807, 2.05) is 78.5 Å². The Morgan fingerprint density at radius 3 is 2.66 bits per heavy atom. The molecule has 1 aliphatic heterocycles. The molecule has 2 aromatic carbocycles. The van der Waals surface area contributed by atoms with Crippen LogP contribution in [0.5, 0.6) is 5.75 Å². The molecule has 0 spiro atoms.